The topological polar surface area (TPSA) is 62.7 Å². The molecule has 0 saturated heterocycles. The first-order chi connectivity index (χ1) is 11.7. The fourth-order valence-electron chi connectivity index (χ4n) is 2.24. The van der Waals surface area contributed by atoms with E-state index in [1.807, 2.05) is 25.1 Å². The molecule has 0 spiro atoms. The molecular weight excluding hydrogens is 305 g/mol. The number of rotatable bonds is 6. The van der Waals surface area contributed by atoms with Gasteiger partial charge in [-0.25, -0.2) is 14.4 Å². The van der Waals surface area contributed by atoms with Crippen LogP contribution in [-0.2, 0) is 13.1 Å². The summed E-state index contributed by atoms with van der Waals surface area (Å²) < 4.78 is 12.9. The molecule has 1 aromatic carbocycles. The van der Waals surface area contributed by atoms with E-state index < -0.39 is 0 Å². The monoisotopic (exact) mass is 323 g/mol. The van der Waals surface area contributed by atoms with Gasteiger partial charge in [0.2, 0.25) is 0 Å². The molecule has 122 valence electrons. The average molecular weight is 323 g/mol. The minimum Gasteiger partial charge on any atom is -0.366 e. The van der Waals surface area contributed by atoms with Crippen LogP contribution in [0, 0.1) is 12.7 Å². The molecule has 5 nitrogen and oxygen atoms in total. The van der Waals surface area contributed by atoms with Gasteiger partial charge in [0.1, 0.15) is 23.3 Å². The quantitative estimate of drug-likeness (QED) is 0.726. The van der Waals surface area contributed by atoms with Crippen LogP contribution < -0.4 is 10.6 Å². The Kier molecular flexibility index (Phi) is 4.96. The molecule has 0 amide bonds. The minimum atomic E-state index is -0.237. The van der Waals surface area contributed by atoms with Crippen molar-refractivity contribution < 1.29 is 4.39 Å². The summed E-state index contributed by atoms with van der Waals surface area (Å²) in [5.41, 5.74) is 2.11. The lowest BCUT2D eigenvalue weighted by atomic mass is 10.2. The summed E-state index contributed by atoms with van der Waals surface area (Å²) in [6.45, 7) is 3.08. The van der Waals surface area contributed by atoms with Crippen molar-refractivity contribution in [3.63, 3.8) is 0 Å². The zero-order chi connectivity index (χ0) is 16.8. The van der Waals surface area contributed by atoms with Crippen LogP contribution in [0.5, 0.6) is 0 Å². The Balaban J connectivity index is 1.63. The highest BCUT2D eigenvalue weighted by Gasteiger charge is 2.03. The van der Waals surface area contributed by atoms with Gasteiger partial charge in [-0.3, -0.25) is 4.98 Å². The second-order valence-electron chi connectivity index (χ2n) is 5.37. The zero-order valence-electron chi connectivity index (χ0n) is 13.3. The molecule has 0 aliphatic rings. The van der Waals surface area contributed by atoms with Crippen LogP contribution in [0.25, 0.3) is 0 Å². The standard InChI is InChI=1S/C18H18FN5/c1-13-23-17(21-11-14-2-4-16(19)5-3-14)10-18(24-13)22-12-15-6-8-20-9-7-15/h2-10H,11-12H2,1H3,(H2,21,22,23,24). The molecule has 2 heterocycles. The van der Waals surface area contributed by atoms with Crippen LogP contribution in [0.4, 0.5) is 16.0 Å². The van der Waals surface area contributed by atoms with Gasteiger partial charge < -0.3 is 10.6 Å². The molecule has 0 aliphatic heterocycles. The van der Waals surface area contributed by atoms with Crippen LogP contribution in [0.1, 0.15) is 17.0 Å². The first-order valence-corrected chi connectivity index (χ1v) is 7.66. The Morgan fingerprint density at radius 3 is 1.96 bits per heavy atom. The Bertz CT molecular complexity index is 790. The zero-order valence-corrected chi connectivity index (χ0v) is 13.3. The Labute approximate surface area is 140 Å². The molecule has 0 atom stereocenters. The van der Waals surface area contributed by atoms with E-state index in [2.05, 4.69) is 25.6 Å². The van der Waals surface area contributed by atoms with Crippen molar-refractivity contribution in [1.82, 2.24) is 15.0 Å². The molecule has 2 aromatic heterocycles. The molecule has 0 radical (unpaired) electrons. The maximum atomic E-state index is 12.9. The van der Waals surface area contributed by atoms with Crippen LogP contribution in [0.15, 0.2) is 54.9 Å². The van der Waals surface area contributed by atoms with Gasteiger partial charge in [-0.1, -0.05) is 12.1 Å². The lowest BCUT2D eigenvalue weighted by molar-refractivity contribution is 0.627. The SMILES string of the molecule is Cc1nc(NCc2ccncc2)cc(NCc2ccc(F)cc2)n1. The molecule has 6 heteroatoms. The minimum absolute atomic E-state index is 0.237. The van der Waals surface area contributed by atoms with E-state index in [9.17, 15) is 4.39 Å². The van der Waals surface area contributed by atoms with Gasteiger partial charge >= 0.3 is 0 Å². The van der Waals surface area contributed by atoms with E-state index in [-0.39, 0.29) is 5.82 Å². The van der Waals surface area contributed by atoms with E-state index in [0.29, 0.717) is 18.9 Å². The summed E-state index contributed by atoms with van der Waals surface area (Å²) in [5, 5.41) is 6.52. The van der Waals surface area contributed by atoms with E-state index in [4.69, 9.17) is 0 Å². The fraction of sp³-hybridized carbons (Fsp3) is 0.167. The van der Waals surface area contributed by atoms with E-state index in [0.717, 1.165) is 22.8 Å². The molecule has 0 aliphatic carbocycles. The summed E-state index contributed by atoms with van der Waals surface area (Å²) in [4.78, 5) is 12.8. The van der Waals surface area contributed by atoms with Crippen LogP contribution in [0.3, 0.4) is 0 Å². The largest absolute Gasteiger partial charge is 0.366 e. The lowest BCUT2D eigenvalue weighted by Gasteiger charge is -2.10. The second-order valence-corrected chi connectivity index (χ2v) is 5.37. The van der Waals surface area contributed by atoms with Gasteiger partial charge in [-0.15, -0.1) is 0 Å². The van der Waals surface area contributed by atoms with Crippen molar-refractivity contribution in [2.24, 2.45) is 0 Å². The highest BCUT2D eigenvalue weighted by molar-refractivity contribution is 5.48. The number of pyridine rings is 1. The lowest BCUT2D eigenvalue weighted by Crippen LogP contribution is -2.07. The highest BCUT2D eigenvalue weighted by atomic mass is 19.1. The molecule has 3 rings (SSSR count). The number of nitrogens with zero attached hydrogens (tertiary/aromatic N) is 3. The summed E-state index contributed by atoms with van der Waals surface area (Å²) >= 11 is 0. The van der Waals surface area contributed by atoms with Crippen LogP contribution >= 0.6 is 0 Å². The van der Waals surface area contributed by atoms with Crippen molar-refractivity contribution in [3.8, 4) is 0 Å². The smallest absolute Gasteiger partial charge is 0.132 e. The highest BCUT2D eigenvalue weighted by Crippen LogP contribution is 2.14. The van der Waals surface area contributed by atoms with Crippen molar-refractivity contribution in [2.75, 3.05) is 10.6 Å². The number of aromatic nitrogens is 3. The van der Waals surface area contributed by atoms with Gasteiger partial charge in [0.15, 0.2) is 0 Å². The maximum absolute atomic E-state index is 12.9. The van der Waals surface area contributed by atoms with E-state index in [1.165, 1.54) is 12.1 Å². The molecular formula is C18H18FN5. The van der Waals surface area contributed by atoms with Crippen LogP contribution in [0.2, 0.25) is 0 Å². The first kappa shape index (κ1) is 15.9. The number of nitrogens with one attached hydrogen (secondary N) is 2. The predicted octanol–water partition coefficient (Wildman–Crippen LogP) is 3.54. The van der Waals surface area contributed by atoms with Gasteiger partial charge in [-0.05, 0) is 42.3 Å². The van der Waals surface area contributed by atoms with Crippen LogP contribution in [-0.4, -0.2) is 15.0 Å². The predicted molar refractivity (Wildman–Crippen MR) is 92.1 cm³/mol. The van der Waals surface area contributed by atoms with Gasteiger partial charge in [0.05, 0.1) is 0 Å². The summed E-state index contributed by atoms with van der Waals surface area (Å²) in [7, 11) is 0. The number of hydrogen-bond donors (Lipinski definition) is 2. The molecule has 0 fully saturated rings. The first-order valence-electron chi connectivity index (χ1n) is 7.66. The van der Waals surface area contributed by atoms with E-state index >= 15 is 0 Å². The molecule has 2 N–H and O–H groups in total. The van der Waals surface area contributed by atoms with Gasteiger partial charge in [0, 0.05) is 31.5 Å². The maximum Gasteiger partial charge on any atom is 0.132 e. The Morgan fingerprint density at radius 1 is 0.833 bits per heavy atom. The molecule has 3 aromatic rings. The van der Waals surface area contributed by atoms with Crippen molar-refractivity contribution in [2.45, 2.75) is 20.0 Å². The van der Waals surface area contributed by atoms with Crippen molar-refractivity contribution in [1.29, 1.82) is 0 Å². The van der Waals surface area contributed by atoms with Gasteiger partial charge in [-0.2, -0.15) is 0 Å². The summed E-state index contributed by atoms with van der Waals surface area (Å²) in [6.07, 6.45) is 3.52. The fourth-order valence-corrected chi connectivity index (χ4v) is 2.24. The average Bonchev–Trinajstić information content (AvgIpc) is 2.60. The summed E-state index contributed by atoms with van der Waals surface area (Å²) in [6, 6.07) is 12.2. The molecule has 0 unspecified atom stereocenters. The number of hydrogen-bond acceptors (Lipinski definition) is 5. The van der Waals surface area contributed by atoms with E-state index in [1.54, 1.807) is 24.5 Å². The second kappa shape index (κ2) is 7.50. The third-order valence-corrected chi connectivity index (χ3v) is 3.45. The molecule has 24 heavy (non-hydrogen) atoms. The molecule has 0 bridgehead atoms. The third kappa shape index (κ3) is 4.49. The van der Waals surface area contributed by atoms with Gasteiger partial charge in [0.25, 0.3) is 0 Å². The number of anilines is 2. The number of aryl methyl sites for hydroxylation is 1. The van der Waals surface area contributed by atoms with Crippen molar-refractivity contribution >= 4 is 11.6 Å². The van der Waals surface area contributed by atoms with Crippen molar-refractivity contribution in [3.05, 3.63) is 77.6 Å². The Hall–Kier alpha value is -3.02. The number of benzene rings is 1. The molecule has 0 saturated carbocycles. The normalized spacial score (nSPS) is 10.4. The third-order valence-electron chi connectivity index (χ3n) is 3.45. The number of halogens is 1. The summed E-state index contributed by atoms with van der Waals surface area (Å²) in [5.74, 6) is 1.92. The Morgan fingerprint density at radius 2 is 1.38 bits per heavy atom.